The van der Waals surface area contributed by atoms with Crippen LogP contribution in [0.2, 0.25) is 0 Å². The fourth-order valence-corrected chi connectivity index (χ4v) is 2.55. The maximum atomic E-state index is 11.7. The van der Waals surface area contributed by atoms with Crippen LogP contribution in [0.5, 0.6) is 0 Å². The smallest absolute Gasteiger partial charge is 0.338 e. The molecule has 1 saturated heterocycles. The van der Waals surface area contributed by atoms with Crippen molar-refractivity contribution in [3.63, 3.8) is 0 Å². The van der Waals surface area contributed by atoms with E-state index in [2.05, 4.69) is 5.32 Å². The van der Waals surface area contributed by atoms with E-state index in [0.29, 0.717) is 11.0 Å². The van der Waals surface area contributed by atoms with Gasteiger partial charge >= 0.3 is 5.97 Å². The summed E-state index contributed by atoms with van der Waals surface area (Å²) in [6.45, 7) is 2.18. The Morgan fingerprint density at radius 1 is 1.25 bits per heavy atom. The molecule has 16 heavy (non-hydrogen) atoms. The molecule has 1 saturated carbocycles. The summed E-state index contributed by atoms with van der Waals surface area (Å²) >= 11 is 0. The number of ether oxygens (including phenoxy) is 1. The lowest BCUT2D eigenvalue weighted by Gasteiger charge is -2.53. The number of rotatable bonds is 2. The highest BCUT2D eigenvalue weighted by Gasteiger charge is 2.50. The van der Waals surface area contributed by atoms with E-state index in [1.54, 1.807) is 12.1 Å². The fourth-order valence-electron chi connectivity index (χ4n) is 2.55. The Morgan fingerprint density at radius 2 is 1.94 bits per heavy atom. The van der Waals surface area contributed by atoms with Gasteiger partial charge in [-0.15, -0.1) is 0 Å². The highest BCUT2D eigenvalue weighted by molar-refractivity contribution is 5.89. The first kappa shape index (κ1) is 9.85. The molecule has 1 N–H and O–H groups in total. The van der Waals surface area contributed by atoms with Gasteiger partial charge in [-0.1, -0.05) is 18.2 Å². The minimum atomic E-state index is -0.187. The van der Waals surface area contributed by atoms with Crippen LogP contribution in [0.1, 0.15) is 23.2 Å². The standard InChI is InChI=1S/C13H15NO2/c15-12(10-4-2-1-3-5-10)16-11-6-13(7-11)8-14-9-13/h1-5,11,14H,6-9H2. The largest absolute Gasteiger partial charge is 0.459 e. The third kappa shape index (κ3) is 1.61. The van der Waals surface area contributed by atoms with Crippen LogP contribution in [0.15, 0.2) is 30.3 Å². The van der Waals surface area contributed by atoms with Crippen LogP contribution in [0.3, 0.4) is 0 Å². The van der Waals surface area contributed by atoms with Crippen LogP contribution in [0.4, 0.5) is 0 Å². The predicted octanol–water partition coefficient (Wildman–Crippen LogP) is 1.60. The van der Waals surface area contributed by atoms with E-state index in [1.807, 2.05) is 18.2 Å². The molecule has 0 atom stereocenters. The van der Waals surface area contributed by atoms with Crippen molar-refractivity contribution < 1.29 is 9.53 Å². The second-order valence-corrected chi connectivity index (χ2v) is 4.91. The van der Waals surface area contributed by atoms with E-state index in [1.165, 1.54) is 0 Å². The zero-order chi connectivity index (χ0) is 11.0. The zero-order valence-corrected chi connectivity index (χ0v) is 9.11. The lowest BCUT2D eigenvalue weighted by atomic mass is 9.63. The van der Waals surface area contributed by atoms with Crippen LogP contribution in [0.25, 0.3) is 0 Å². The first-order valence-corrected chi connectivity index (χ1v) is 5.74. The molecule has 0 unspecified atom stereocenters. The minimum Gasteiger partial charge on any atom is -0.459 e. The highest BCUT2D eigenvalue weighted by atomic mass is 16.5. The molecule has 1 spiro atoms. The third-order valence-corrected chi connectivity index (χ3v) is 3.60. The van der Waals surface area contributed by atoms with Crippen molar-refractivity contribution in [2.24, 2.45) is 5.41 Å². The van der Waals surface area contributed by atoms with E-state index < -0.39 is 0 Å². The normalized spacial score (nSPS) is 22.2. The predicted molar refractivity (Wildman–Crippen MR) is 60.2 cm³/mol. The van der Waals surface area contributed by atoms with Crippen molar-refractivity contribution in [2.45, 2.75) is 18.9 Å². The van der Waals surface area contributed by atoms with Gasteiger partial charge in [0.2, 0.25) is 0 Å². The molecule has 1 aliphatic heterocycles. The molecule has 0 amide bonds. The van der Waals surface area contributed by atoms with Gasteiger partial charge in [-0.3, -0.25) is 0 Å². The topological polar surface area (TPSA) is 38.3 Å². The molecule has 0 radical (unpaired) electrons. The zero-order valence-electron chi connectivity index (χ0n) is 9.11. The van der Waals surface area contributed by atoms with E-state index in [0.717, 1.165) is 25.9 Å². The third-order valence-electron chi connectivity index (χ3n) is 3.60. The number of hydrogen-bond acceptors (Lipinski definition) is 3. The van der Waals surface area contributed by atoms with Crippen LogP contribution >= 0.6 is 0 Å². The molecule has 1 aromatic carbocycles. The van der Waals surface area contributed by atoms with Gasteiger partial charge in [0, 0.05) is 18.5 Å². The van der Waals surface area contributed by atoms with E-state index in [9.17, 15) is 4.79 Å². The van der Waals surface area contributed by atoms with Gasteiger partial charge < -0.3 is 10.1 Å². The lowest BCUT2D eigenvalue weighted by Crippen LogP contribution is -2.62. The minimum absolute atomic E-state index is 0.134. The first-order chi connectivity index (χ1) is 7.77. The molecule has 1 aliphatic carbocycles. The summed E-state index contributed by atoms with van der Waals surface area (Å²) < 4.78 is 5.44. The number of carbonyl (C=O) groups is 1. The van der Waals surface area contributed by atoms with Gasteiger partial charge in [0.1, 0.15) is 6.10 Å². The first-order valence-electron chi connectivity index (χ1n) is 5.74. The number of nitrogens with one attached hydrogen (secondary N) is 1. The van der Waals surface area contributed by atoms with Crippen LogP contribution in [0, 0.1) is 5.41 Å². The maximum Gasteiger partial charge on any atom is 0.338 e. The molecule has 1 heterocycles. The maximum absolute atomic E-state index is 11.7. The van der Waals surface area contributed by atoms with E-state index >= 15 is 0 Å². The highest BCUT2D eigenvalue weighted by Crippen LogP contribution is 2.45. The quantitative estimate of drug-likeness (QED) is 0.765. The van der Waals surface area contributed by atoms with Crippen molar-refractivity contribution >= 4 is 5.97 Å². The van der Waals surface area contributed by atoms with Gasteiger partial charge in [0.05, 0.1) is 5.56 Å². The Morgan fingerprint density at radius 3 is 2.50 bits per heavy atom. The molecule has 3 heteroatoms. The van der Waals surface area contributed by atoms with Crippen molar-refractivity contribution in [3.05, 3.63) is 35.9 Å². The molecule has 3 rings (SSSR count). The number of carbonyl (C=O) groups excluding carboxylic acids is 1. The molecule has 0 aromatic heterocycles. The molecule has 0 bridgehead atoms. The number of benzene rings is 1. The Hall–Kier alpha value is -1.35. The average molecular weight is 217 g/mol. The van der Waals surface area contributed by atoms with Gasteiger partial charge in [0.15, 0.2) is 0 Å². The second kappa shape index (κ2) is 3.59. The summed E-state index contributed by atoms with van der Waals surface area (Å²) in [6.07, 6.45) is 2.19. The van der Waals surface area contributed by atoms with Gasteiger partial charge in [-0.25, -0.2) is 4.79 Å². The molecule has 1 aromatic rings. The summed E-state index contributed by atoms with van der Waals surface area (Å²) in [5.41, 5.74) is 1.11. The Kier molecular flexibility index (Phi) is 2.21. The van der Waals surface area contributed by atoms with Crippen molar-refractivity contribution in [2.75, 3.05) is 13.1 Å². The number of esters is 1. The molecular weight excluding hydrogens is 202 g/mol. The summed E-state index contributed by atoms with van der Waals surface area (Å²) in [6, 6.07) is 9.20. The average Bonchev–Trinajstić information content (AvgIpc) is 2.21. The van der Waals surface area contributed by atoms with Crippen LogP contribution < -0.4 is 5.32 Å². The summed E-state index contributed by atoms with van der Waals surface area (Å²) in [5, 5.41) is 3.27. The fraction of sp³-hybridized carbons (Fsp3) is 0.462. The van der Waals surface area contributed by atoms with Crippen molar-refractivity contribution in [1.29, 1.82) is 0 Å². The molecule has 2 fully saturated rings. The van der Waals surface area contributed by atoms with Gasteiger partial charge in [-0.05, 0) is 25.0 Å². The second-order valence-electron chi connectivity index (χ2n) is 4.91. The van der Waals surface area contributed by atoms with Gasteiger partial charge in [0.25, 0.3) is 0 Å². The summed E-state index contributed by atoms with van der Waals surface area (Å²) in [7, 11) is 0. The van der Waals surface area contributed by atoms with E-state index in [-0.39, 0.29) is 12.1 Å². The Balaban J connectivity index is 1.55. The Labute approximate surface area is 94.8 Å². The van der Waals surface area contributed by atoms with Crippen LogP contribution in [-0.4, -0.2) is 25.2 Å². The molecule has 84 valence electrons. The monoisotopic (exact) mass is 217 g/mol. The van der Waals surface area contributed by atoms with E-state index in [4.69, 9.17) is 4.74 Å². The molecule has 3 nitrogen and oxygen atoms in total. The van der Waals surface area contributed by atoms with Gasteiger partial charge in [-0.2, -0.15) is 0 Å². The van der Waals surface area contributed by atoms with Crippen molar-refractivity contribution in [3.8, 4) is 0 Å². The van der Waals surface area contributed by atoms with Crippen molar-refractivity contribution in [1.82, 2.24) is 5.32 Å². The summed E-state index contributed by atoms with van der Waals surface area (Å²) in [5.74, 6) is -0.187. The SMILES string of the molecule is O=C(OC1CC2(CNC2)C1)c1ccccc1. The lowest BCUT2D eigenvalue weighted by molar-refractivity contribution is -0.0771. The van der Waals surface area contributed by atoms with Crippen LogP contribution in [-0.2, 0) is 4.74 Å². The number of hydrogen-bond donors (Lipinski definition) is 1. The molecular formula is C13H15NO2. The molecule has 2 aliphatic rings. The Bertz CT molecular complexity index is 390. The summed E-state index contributed by atoms with van der Waals surface area (Å²) in [4.78, 5) is 11.7.